The lowest BCUT2D eigenvalue weighted by Gasteiger charge is -2.34. The fourth-order valence-electron chi connectivity index (χ4n) is 4.60. The molecule has 4 aromatic rings. The van der Waals surface area contributed by atoms with E-state index < -0.39 is 0 Å². The lowest BCUT2D eigenvalue weighted by molar-refractivity contribution is 0.0619. The average molecular weight is 487 g/mol. The molecule has 0 aliphatic carbocycles. The summed E-state index contributed by atoms with van der Waals surface area (Å²) < 4.78 is 12.7. The maximum absolute atomic E-state index is 13.7. The van der Waals surface area contributed by atoms with Crippen LogP contribution in [-0.4, -0.2) is 58.5 Å². The SMILES string of the molecule is Cc1cccc(-n2nc(-c3cccs3)cc2C(=O)N2CCN(Cc3ccc4c(c3)OCO4)CC2)c1. The number of fused-ring (bicyclic) bond motifs is 1. The number of aromatic nitrogens is 2. The molecule has 2 aromatic heterocycles. The van der Waals surface area contributed by atoms with Gasteiger partial charge in [0.1, 0.15) is 11.4 Å². The lowest BCUT2D eigenvalue weighted by atomic mass is 10.1. The monoisotopic (exact) mass is 486 g/mol. The second-order valence-electron chi connectivity index (χ2n) is 8.90. The molecule has 35 heavy (non-hydrogen) atoms. The Balaban J connectivity index is 1.19. The molecule has 178 valence electrons. The molecule has 0 unspecified atom stereocenters. The first-order chi connectivity index (χ1) is 17.1. The highest BCUT2D eigenvalue weighted by Gasteiger charge is 2.27. The van der Waals surface area contributed by atoms with Crippen LogP contribution in [0.25, 0.3) is 16.3 Å². The highest BCUT2D eigenvalue weighted by Crippen LogP contribution is 2.33. The van der Waals surface area contributed by atoms with E-state index in [1.54, 1.807) is 16.0 Å². The van der Waals surface area contributed by atoms with Crippen LogP contribution >= 0.6 is 11.3 Å². The number of nitrogens with zero attached hydrogens (tertiary/aromatic N) is 4. The van der Waals surface area contributed by atoms with Crippen molar-refractivity contribution in [3.63, 3.8) is 0 Å². The molecule has 0 radical (unpaired) electrons. The first-order valence-electron chi connectivity index (χ1n) is 11.8. The van der Waals surface area contributed by atoms with E-state index in [0.717, 1.165) is 53.0 Å². The van der Waals surface area contributed by atoms with Crippen molar-refractivity contribution in [2.45, 2.75) is 13.5 Å². The Bertz CT molecular complexity index is 1360. The van der Waals surface area contributed by atoms with Gasteiger partial charge in [0.15, 0.2) is 11.5 Å². The number of aryl methyl sites for hydroxylation is 1. The minimum absolute atomic E-state index is 0.0181. The van der Waals surface area contributed by atoms with Gasteiger partial charge in [-0.2, -0.15) is 5.10 Å². The summed E-state index contributed by atoms with van der Waals surface area (Å²) in [5, 5.41) is 6.86. The van der Waals surface area contributed by atoms with Gasteiger partial charge in [-0.1, -0.05) is 24.3 Å². The minimum atomic E-state index is 0.0181. The molecule has 1 amide bonds. The second-order valence-corrected chi connectivity index (χ2v) is 9.85. The Morgan fingerprint density at radius 1 is 0.971 bits per heavy atom. The molecule has 1 fully saturated rings. The summed E-state index contributed by atoms with van der Waals surface area (Å²) in [6.07, 6.45) is 0. The fourth-order valence-corrected chi connectivity index (χ4v) is 5.28. The zero-order valence-corrected chi connectivity index (χ0v) is 20.3. The quantitative estimate of drug-likeness (QED) is 0.413. The van der Waals surface area contributed by atoms with Gasteiger partial charge in [0.25, 0.3) is 5.91 Å². The normalized spacial score (nSPS) is 15.5. The van der Waals surface area contributed by atoms with Crippen molar-refractivity contribution in [1.29, 1.82) is 0 Å². The summed E-state index contributed by atoms with van der Waals surface area (Å²) in [5.74, 6) is 1.63. The second kappa shape index (κ2) is 9.20. The molecule has 0 atom stereocenters. The molecule has 0 saturated carbocycles. The Labute approximate surface area is 208 Å². The van der Waals surface area contributed by atoms with Crippen LogP contribution in [0.1, 0.15) is 21.6 Å². The van der Waals surface area contributed by atoms with Crippen molar-refractivity contribution in [3.8, 4) is 27.8 Å². The highest BCUT2D eigenvalue weighted by molar-refractivity contribution is 7.13. The van der Waals surface area contributed by atoms with Crippen molar-refractivity contribution < 1.29 is 14.3 Å². The predicted molar refractivity (Wildman–Crippen MR) is 135 cm³/mol. The summed E-state index contributed by atoms with van der Waals surface area (Å²) in [6.45, 7) is 6.14. The van der Waals surface area contributed by atoms with Gasteiger partial charge in [0, 0.05) is 32.7 Å². The van der Waals surface area contributed by atoms with E-state index in [0.29, 0.717) is 18.8 Å². The number of carbonyl (C=O) groups is 1. The van der Waals surface area contributed by atoms with Crippen LogP contribution in [0.15, 0.2) is 66.0 Å². The lowest BCUT2D eigenvalue weighted by Crippen LogP contribution is -2.48. The van der Waals surface area contributed by atoms with Gasteiger partial charge in [-0.05, 0) is 59.8 Å². The summed E-state index contributed by atoms with van der Waals surface area (Å²) >= 11 is 1.63. The Morgan fingerprint density at radius 2 is 1.83 bits per heavy atom. The first kappa shape index (κ1) is 21.9. The van der Waals surface area contributed by atoms with Crippen LogP contribution in [0, 0.1) is 6.92 Å². The zero-order chi connectivity index (χ0) is 23.8. The fraction of sp³-hybridized carbons (Fsp3) is 0.259. The molecular weight excluding hydrogens is 460 g/mol. The molecule has 0 bridgehead atoms. The molecule has 0 N–H and O–H groups in total. The molecule has 2 aromatic carbocycles. The van der Waals surface area contributed by atoms with Crippen LogP contribution in [0.2, 0.25) is 0 Å². The van der Waals surface area contributed by atoms with Gasteiger partial charge in [-0.25, -0.2) is 4.68 Å². The van der Waals surface area contributed by atoms with Gasteiger partial charge in [0.2, 0.25) is 6.79 Å². The van der Waals surface area contributed by atoms with Crippen molar-refractivity contribution in [2.75, 3.05) is 33.0 Å². The molecule has 6 rings (SSSR count). The van der Waals surface area contributed by atoms with Gasteiger partial charge in [0.05, 0.1) is 10.6 Å². The number of ether oxygens (including phenoxy) is 2. The summed E-state index contributed by atoms with van der Waals surface area (Å²) in [6, 6.07) is 20.2. The molecule has 8 heteroatoms. The number of rotatable bonds is 5. The molecule has 7 nitrogen and oxygen atoms in total. The maximum atomic E-state index is 13.7. The number of hydrogen-bond donors (Lipinski definition) is 0. The molecule has 4 heterocycles. The highest BCUT2D eigenvalue weighted by atomic mass is 32.1. The van der Waals surface area contributed by atoms with Crippen molar-refractivity contribution >= 4 is 17.2 Å². The summed E-state index contributed by atoms with van der Waals surface area (Å²) in [4.78, 5) is 19.0. The predicted octanol–water partition coefficient (Wildman–Crippen LogP) is 4.60. The van der Waals surface area contributed by atoms with Gasteiger partial charge >= 0.3 is 0 Å². The van der Waals surface area contributed by atoms with E-state index in [9.17, 15) is 4.79 Å². The van der Waals surface area contributed by atoms with Gasteiger partial charge in [-0.15, -0.1) is 11.3 Å². The molecule has 0 spiro atoms. The van der Waals surface area contributed by atoms with Crippen LogP contribution in [0.3, 0.4) is 0 Å². The number of piperazine rings is 1. The van der Waals surface area contributed by atoms with Gasteiger partial charge < -0.3 is 14.4 Å². The smallest absolute Gasteiger partial charge is 0.272 e. The van der Waals surface area contributed by atoms with Crippen LogP contribution in [-0.2, 0) is 6.54 Å². The average Bonchev–Trinajstić information content (AvgIpc) is 3.64. The molecule has 1 saturated heterocycles. The van der Waals surface area contributed by atoms with Crippen LogP contribution < -0.4 is 9.47 Å². The third kappa shape index (κ3) is 4.42. The number of amides is 1. The number of carbonyl (C=O) groups excluding carboxylic acids is 1. The third-order valence-corrected chi connectivity index (χ3v) is 7.34. The van der Waals surface area contributed by atoms with Crippen LogP contribution in [0.4, 0.5) is 0 Å². The molecule has 2 aliphatic heterocycles. The summed E-state index contributed by atoms with van der Waals surface area (Å²) in [5.41, 5.74) is 4.64. The van der Waals surface area contributed by atoms with E-state index in [1.807, 2.05) is 65.7 Å². The minimum Gasteiger partial charge on any atom is -0.454 e. The van der Waals surface area contributed by atoms with E-state index in [-0.39, 0.29) is 12.7 Å². The maximum Gasteiger partial charge on any atom is 0.272 e. The first-order valence-corrected chi connectivity index (χ1v) is 12.6. The van der Waals surface area contributed by atoms with E-state index in [1.165, 1.54) is 5.56 Å². The largest absolute Gasteiger partial charge is 0.454 e. The number of thiophene rings is 1. The van der Waals surface area contributed by atoms with Crippen LogP contribution in [0.5, 0.6) is 11.5 Å². The van der Waals surface area contributed by atoms with Crippen molar-refractivity contribution in [3.05, 3.63) is 82.9 Å². The Hall–Kier alpha value is -3.62. The topological polar surface area (TPSA) is 59.8 Å². The van der Waals surface area contributed by atoms with Crippen molar-refractivity contribution in [2.24, 2.45) is 0 Å². The van der Waals surface area contributed by atoms with E-state index >= 15 is 0 Å². The van der Waals surface area contributed by atoms with E-state index in [2.05, 4.69) is 17.0 Å². The van der Waals surface area contributed by atoms with Crippen molar-refractivity contribution in [1.82, 2.24) is 19.6 Å². The number of hydrogen-bond acceptors (Lipinski definition) is 6. The Kier molecular flexibility index (Phi) is 5.75. The van der Waals surface area contributed by atoms with Gasteiger partial charge in [-0.3, -0.25) is 9.69 Å². The molecular formula is C27H26N4O3S. The molecule has 2 aliphatic rings. The Morgan fingerprint density at radius 3 is 2.63 bits per heavy atom. The third-order valence-electron chi connectivity index (χ3n) is 6.45. The number of benzene rings is 2. The standard InChI is InChI=1S/C27H26N4O3S/c1-19-4-2-5-21(14-19)31-23(16-22(28-31)26-6-3-13-35-26)27(32)30-11-9-29(10-12-30)17-20-7-8-24-25(15-20)34-18-33-24/h2-8,13-16H,9-12,17-18H2,1H3. The zero-order valence-electron chi connectivity index (χ0n) is 19.5. The van der Waals surface area contributed by atoms with E-state index in [4.69, 9.17) is 14.6 Å². The summed E-state index contributed by atoms with van der Waals surface area (Å²) in [7, 11) is 0.